The topological polar surface area (TPSA) is 184 Å². The van der Waals surface area contributed by atoms with E-state index < -0.39 is 17.9 Å². The molecule has 0 spiro atoms. The molecule has 5 aliphatic heterocycles. The predicted molar refractivity (Wildman–Crippen MR) is 139 cm³/mol. The van der Waals surface area contributed by atoms with Crippen molar-refractivity contribution in [3.63, 3.8) is 0 Å². The zero-order valence-corrected chi connectivity index (χ0v) is 23.0. The Labute approximate surface area is 234 Å². The zero-order chi connectivity index (χ0) is 28.1. The summed E-state index contributed by atoms with van der Waals surface area (Å²) in [6.07, 6.45) is 1.92. The van der Waals surface area contributed by atoms with Crippen molar-refractivity contribution < 1.29 is 29.0 Å². The van der Waals surface area contributed by atoms with Crippen molar-refractivity contribution in [1.82, 2.24) is 46.0 Å². The third-order valence-electron chi connectivity index (χ3n) is 8.57. The Balaban J connectivity index is 1.10. The van der Waals surface area contributed by atoms with E-state index in [1.807, 2.05) is 11.8 Å². The van der Waals surface area contributed by atoms with Gasteiger partial charge in [-0.05, 0) is 23.8 Å². The Morgan fingerprint density at radius 3 is 2.88 bits per heavy atom. The number of ether oxygens (including phenoxy) is 1. The van der Waals surface area contributed by atoms with Gasteiger partial charge in [-0.1, -0.05) is 6.92 Å². The molecule has 1 aromatic rings. The normalized spacial score (nSPS) is 34.0. The van der Waals surface area contributed by atoms with Crippen LogP contribution in [0.1, 0.15) is 20.3 Å². The van der Waals surface area contributed by atoms with E-state index in [9.17, 15) is 24.3 Å². The number of nitrogens with one attached hydrogen (secondary N) is 3. The maximum absolute atomic E-state index is 13.4. The summed E-state index contributed by atoms with van der Waals surface area (Å²) in [6.45, 7) is 6.71. The van der Waals surface area contributed by atoms with Crippen LogP contribution in [0, 0.1) is 11.8 Å². The van der Waals surface area contributed by atoms with Gasteiger partial charge in [0.2, 0.25) is 17.7 Å². The van der Waals surface area contributed by atoms with Crippen molar-refractivity contribution in [3.05, 3.63) is 16.9 Å². The number of hydrogen-bond donors (Lipinski definition) is 4. The smallest absolute Gasteiger partial charge is 0.353 e. The fraction of sp³-hybridized carbons (Fsp3) is 0.708. The largest absolute Gasteiger partial charge is 0.477 e. The number of carbonyl (C=O) groups excluding carboxylic acids is 3. The molecule has 216 valence electrons. The number of aromatic nitrogens is 4. The molecular formula is C24H33N9O6S. The van der Waals surface area contributed by atoms with E-state index in [-0.39, 0.29) is 65.4 Å². The summed E-state index contributed by atoms with van der Waals surface area (Å²) < 4.78 is 7.08. The number of carboxylic acids is 1. The number of β-lactam (4-membered cyclic amide) rings is 1. The molecular weight excluding hydrogens is 542 g/mol. The van der Waals surface area contributed by atoms with Crippen LogP contribution in [0.2, 0.25) is 0 Å². The number of morpholine rings is 1. The van der Waals surface area contributed by atoms with E-state index in [2.05, 4.69) is 31.5 Å². The van der Waals surface area contributed by atoms with Gasteiger partial charge in [0.1, 0.15) is 18.6 Å². The average Bonchev–Trinajstić information content (AvgIpc) is 3.71. The number of aliphatic carboxylic acids is 1. The summed E-state index contributed by atoms with van der Waals surface area (Å²) in [5.41, 5.74) is 0.0128. The van der Waals surface area contributed by atoms with Crippen molar-refractivity contribution in [3.8, 4) is 0 Å². The minimum Gasteiger partial charge on any atom is -0.477 e. The highest BCUT2D eigenvalue weighted by molar-refractivity contribution is 8.03. The molecule has 3 amide bonds. The van der Waals surface area contributed by atoms with Gasteiger partial charge in [-0.15, -0.1) is 16.9 Å². The highest BCUT2D eigenvalue weighted by Crippen LogP contribution is 2.51. The molecule has 6 heterocycles. The van der Waals surface area contributed by atoms with Crippen LogP contribution < -0.4 is 16.0 Å². The Kier molecular flexibility index (Phi) is 7.27. The number of thioether (sulfide) groups is 1. The van der Waals surface area contributed by atoms with Crippen LogP contribution in [0.15, 0.2) is 16.9 Å². The van der Waals surface area contributed by atoms with Crippen LogP contribution in [0.5, 0.6) is 0 Å². The van der Waals surface area contributed by atoms with Gasteiger partial charge >= 0.3 is 5.97 Å². The number of amides is 3. The van der Waals surface area contributed by atoms with Crippen LogP contribution in [-0.4, -0.2) is 127 Å². The molecule has 15 nitrogen and oxygen atoms in total. The second-order valence-electron chi connectivity index (χ2n) is 11.0. The lowest BCUT2D eigenvalue weighted by molar-refractivity contribution is -0.158. The van der Waals surface area contributed by atoms with Gasteiger partial charge in [-0.3, -0.25) is 14.4 Å². The third-order valence-corrected chi connectivity index (χ3v) is 10.1. The van der Waals surface area contributed by atoms with Gasteiger partial charge in [0, 0.05) is 48.3 Å². The Morgan fingerprint density at radius 2 is 2.12 bits per heavy atom. The fourth-order valence-corrected chi connectivity index (χ4v) is 8.19. The molecule has 1 unspecified atom stereocenters. The minimum atomic E-state index is -1.15. The molecule has 40 heavy (non-hydrogen) atoms. The van der Waals surface area contributed by atoms with Crippen molar-refractivity contribution in [2.24, 2.45) is 11.8 Å². The maximum atomic E-state index is 13.4. The van der Waals surface area contributed by atoms with Gasteiger partial charge in [0.15, 0.2) is 0 Å². The second kappa shape index (κ2) is 10.7. The Hall–Kier alpha value is -3.08. The van der Waals surface area contributed by atoms with Crippen LogP contribution >= 0.6 is 11.8 Å². The van der Waals surface area contributed by atoms with Crippen LogP contribution in [0.25, 0.3) is 0 Å². The number of fused-ring (bicyclic) bond motifs is 2. The first-order valence-electron chi connectivity index (χ1n) is 13.6. The number of tetrazole rings is 1. The maximum Gasteiger partial charge on any atom is 0.353 e. The first-order valence-corrected chi connectivity index (χ1v) is 14.5. The molecule has 1 aromatic heterocycles. The van der Waals surface area contributed by atoms with Gasteiger partial charge in [-0.2, -0.15) is 0 Å². The number of carbonyl (C=O) groups is 4. The monoisotopic (exact) mass is 575 g/mol. The van der Waals surface area contributed by atoms with Crippen molar-refractivity contribution in [2.45, 2.75) is 62.3 Å². The number of carboxylic acid groups (broad SMARTS) is 1. The summed E-state index contributed by atoms with van der Waals surface area (Å²) in [4.78, 5) is 55.3. The predicted octanol–water partition coefficient (Wildman–Crippen LogP) is -2.39. The van der Waals surface area contributed by atoms with Gasteiger partial charge < -0.3 is 35.6 Å². The van der Waals surface area contributed by atoms with E-state index in [0.29, 0.717) is 31.0 Å². The molecule has 0 bridgehead atoms. The quantitative estimate of drug-likeness (QED) is 0.242. The summed E-state index contributed by atoms with van der Waals surface area (Å²) >= 11 is 1.45. The molecule has 0 saturated carbocycles. The molecule has 4 saturated heterocycles. The fourth-order valence-electron chi connectivity index (χ4n) is 6.71. The summed E-state index contributed by atoms with van der Waals surface area (Å²) in [5, 5.41) is 30.2. The molecule has 8 atom stereocenters. The van der Waals surface area contributed by atoms with Gasteiger partial charge in [0.25, 0.3) is 0 Å². The van der Waals surface area contributed by atoms with E-state index in [4.69, 9.17) is 4.74 Å². The Bertz CT molecular complexity index is 1230. The molecule has 0 aromatic carbocycles. The SMILES string of the molecule is CC(NC(=O)Cn1cnnn1)[C@H]1C(=O)N2C(C(=O)O)=C(S[C@@H]3CN[C@H](C(=O)N4CCO[C@H]5CNC[C@H]54)C3)[C@H](C)[C@H]12. The minimum absolute atomic E-state index is 0.0128. The van der Waals surface area contributed by atoms with Crippen LogP contribution in [0.4, 0.5) is 0 Å². The van der Waals surface area contributed by atoms with Crippen molar-refractivity contribution in [1.29, 1.82) is 0 Å². The standard InChI is InChI=1S/C24H33N9O6S/c1-11-19-18(12(2)28-17(34)9-31-10-27-29-30-31)23(36)33(19)20(24(37)38)21(11)40-13-5-14(26-6-13)22(35)32-3-4-39-16-8-25-7-15(16)32/h10-16,18-19,25-26H,3-9H2,1-2H3,(H,28,34)(H,37,38)/t11-,12?,13+,14+,15-,16+,18-,19-/m1/s1. The zero-order valence-electron chi connectivity index (χ0n) is 22.2. The molecule has 16 heteroatoms. The van der Waals surface area contributed by atoms with Crippen LogP contribution in [0.3, 0.4) is 0 Å². The Morgan fingerprint density at radius 1 is 1.30 bits per heavy atom. The first-order chi connectivity index (χ1) is 19.2. The van der Waals surface area contributed by atoms with Gasteiger partial charge in [-0.25, -0.2) is 9.48 Å². The lowest BCUT2D eigenvalue weighted by Crippen LogP contribution is -2.66. The molecule has 0 radical (unpaired) electrons. The molecule has 6 rings (SSSR count). The highest BCUT2D eigenvalue weighted by Gasteiger charge is 2.60. The first kappa shape index (κ1) is 27.1. The number of rotatable bonds is 8. The molecule has 0 aliphatic carbocycles. The molecule has 5 aliphatic rings. The van der Waals surface area contributed by atoms with Crippen molar-refractivity contribution in [2.75, 3.05) is 32.8 Å². The summed E-state index contributed by atoms with van der Waals surface area (Å²) in [5.74, 6) is -2.52. The van der Waals surface area contributed by atoms with E-state index in [1.54, 1.807) is 6.92 Å². The molecule has 4 N–H and O–H groups in total. The van der Waals surface area contributed by atoms with Gasteiger partial charge in [0.05, 0.1) is 36.8 Å². The summed E-state index contributed by atoms with van der Waals surface area (Å²) in [6, 6.07) is -1.18. The van der Waals surface area contributed by atoms with Crippen molar-refractivity contribution >= 4 is 35.5 Å². The second-order valence-corrected chi connectivity index (χ2v) is 12.3. The lowest BCUT2D eigenvalue weighted by Gasteiger charge is -2.47. The third kappa shape index (κ3) is 4.65. The van der Waals surface area contributed by atoms with E-state index in [1.165, 1.54) is 27.7 Å². The molecule has 4 fully saturated rings. The number of nitrogens with zero attached hydrogens (tertiary/aromatic N) is 6. The number of hydrogen-bond acceptors (Lipinski definition) is 11. The van der Waals surface area contributed by atoms with Crippen LogP contribution in [-0.2, 0) is 30.5 Å². The average molecular weight is 576 g/mol. The van der Waals surface area contributed by atoms with E-state index in [0.717, 1.165) is 13.1 Å². The summed E-state index contributed by atoms with van der Waals surface area (Å²) in [7, 11) is 0. The van der Waals surface area contributed by atoms with E-state index >= 15 is 0 Å². The lowest BCUT2D eigenvalue weighted by atomic mass is 9.78. The highest BCUT2D eigenvalue weighted by atomic mass is 32.2.